The van der Waals surface area contributed by atoms with Crippen LogP contribution in [-0.2, 0) is 4.79 Å². The highest BCUT2D eigenvalue weighted by Gasteiger charge is 2.27. The average Bonchev–Trinajstić information content (AvgIpc) is 3.16. The van der Waals surface area contributed by atoms with Gasteiger partial charge >= 0.3 is 0 Å². The summed E-state index contributed by atoms with van der Waals surface area (Å²) in [4.78, 5) is 17.1. The zero-order valence-electron chi connectivity index (χ0n) is 17.7. The van der Waals surface area contributed by atoms with Gasteiger partial charge in [-0.05, 0) is 55.8 Å². The molecule has 166 valence electrons. The van der Waals surface area contributed by atoms with Gasteiger partial charge in [-0.2, -0.15) is 0 Å². The molecule has 0 unspecified atom stereocenters. The predicted octanol–water partition coefficient (Wildman–Crippen LogP) is 4.55. The first-order valence-electron chi connectivity index (χ1n) is 10.5. The molecular formula is C24H28ClFN2O3. The third-order valence-corrected chi connectivity index (χ3v) is 5.68. The second-order valence-corrected chi connectivity index (χ2v) is 7.63. The molecule has 0 aliphatic carbocycles. The van der Waals surface area contributed by atoms with Gasteiger partial charge in [0, 0.05) is 30.4 Å². The Morgan fingerprint density at radius 3 is 2.45 bits per heavy atom. The Balaban J connectivity index is 0.00000272. The molecule has 5 nitrogen and oxygen atoms in total. The SMILES string of the molecule is COc1ccc(N2CC=C(c3ccc(F)cc3)C2=O)cc1OCCN1CCCCC1.Cl. The maximum atomic E-state index is 13.2. The minimum absolute atomic E-state index is 0. The minimum Gasteiger partial charge on any atom is -0.493 e. The molecule has 2 aliphatic heterocycles. The van der Waals surface area contributed by atoms with Crippen molar-refractivity contribution in [2.24, 2.45) is 0 Å². The number of carbonyl (C=O) groups is 1. The van der Waals surface area contributed by atoms with Crippen LogP contribution < -0.4 is 14.4 Å². The largest absolute Gasteiger partial charge is 0.493 e. The second-order valence-electron chi connectivity index (χ2n) is 7.63. The summed E-state index contributed by atoms with van der Waals surface area (Å²) < 4.78 is 24.7. The molecule has 0 N–H and O–H groups in total. The lowest BCUT2D eigenvalue weighted by Gasteiger charge is -2.26. The number of carbonyl (C=O) groups excluding carboxylic acids is 1. The summed E-state index contributed by atoms with van der Waals surface area (Å²) in [5.74, 6) is 0.861. The molecule has 7 heteroatoms. The zero-order chi connectivity index (χ0) is 20.9. The number of nitrogens with zero attached hydrogens (tertiary/aromatic N) is 2. The number of anilines is 1. The van der Waals surface area contributed by atoms with E-state index in [1.54, 1.807) is 24.1 Å². The molecule has 4 rings (SSSR count). The van der Waals surface area contributed by atoms with Crippen LogP contribution in [0.3, 0.4) is 0 Å². The van der Waals surface area contributed by atoms with E-state index < -0.39 is 0 Å². The molecule has 0 aromatic heterocycles. The lowest BCUT2D eigenvalue weighted by molar-refractivity contribution is -0.112. The summed E-state index contributed by atoms with van der Waals surface area (Å²) in [6, 6.07) is 11.5. The van der Waals surface area contributed by atoms with Gasteiger partial charge in [0.25, 0.3) is 5.91 Å². The quantitative estimate of drug-likeness (QED) is 0.625. The third-order valence-electron chi connectivity index (χ3n) is 5.68. The summed E-state index contributed by atoms with van der Waals surface area (Å²) >= 11 is 0. The molecule has 1 saturated heterocycles. The normalized spacial score (nSPS) is 16.6. The number of ether oxygens (including phenoxy) is 2. The second kappa shape index (κ2) is 10.6. The van der Waals surface area contributed by atoms with E-state index in [0.29, 0.717) is 30.2 Å². The van der Waals surface area contributed by atoms with Gasteiger partial charge in [-0.25, -0.2) is 4.39 Å². The summed E-state index contributed by atoms with van der Waals surface area (Å²) in [5.41, 5.74) is 2.05. The third kappa shape index (κ3) is 5.38. The van der Waals surface area contributed by atoms with Crippen LogP contribution in [0.25, 0.3) is 5.57 Å². The van der Waals surface area contributed by atoms with Crippen LogP contribution >= 0.6 is 12.4 Å². The van der Waals surface area contributed by atoms with Crippen molar-refractivity contribution in [1.29, 1.82) is 0 Å². The molecule has 2 aliphatic rings. The van der Waals surface area contributed by atoms with E-state index >= 15 is 0 Å². The summed E-state index contributed by atoms with van der Waals surface area (Å²) in [7, 11) is 1.61. The van der Waals surface area contributed by atoms with Crippen molar-refractivity contribution >= 4 is 29.6 Å². The van der Waals surface area contributed by atoms with Crippen LogP contribution in [-0.4, -0.2) is 50.7 Å². The molecular weight excluding hydrogens is 419 g/mol. The summed E-state index contributed by atoms with van der Waals surface area (Å²) in [5, 5.41) is 0. The first kappa shape index (κ1) is 23.1. The number of benzene rings is 2. The van der Waals surface area contributed by atoms with E-state index in [2.05, 4.69) is 4.90 Å². The highest BCUT2D eigenvalue weighted by atomic mass is 35.5. The number of piperidine rings is 1. The standard InChI is InChI=1S/C24H27FN2O3.ClH/c1-29-22-10-9-20(17-23(22)30-16-15-26-12-3-2-4-13-26)27-14-11-21(24(27)28)18-5-7-19(25)8-6-18;/h5-11,17H,2-4,12-16H2,1H3;1H. The fourth-order valence-corrected chi connectivity index (χ4v) is 4.01. The van der Waals surface area contributed by atoms with E-state index in [4.69, 9.17) is 9.47 Å². The van der Waals surface area contributed by atoms with Gasteiger partial charge in [0.1, 0.15) is 12.4 Å². The van der Waals surface area contributed by atoms with Crippen molar-refractivity contribution in [3.63, 3.8) is 0 Å². The smallest absolute Gasteiger partial charge is 0.258 e. The van der Waals surface area contributed by atoms with E-state index in [-0.39, 0.29) is 24.1 Å². The van der Waals surface area contributed by atoms with Crippen LogP contribution in [0.5, 0.6) is 11.5 Å². The highest BCUT2D eigenvalue weighted by Crippen LogP contribution is 2.35. The molecule has 0 radical (unpaired) electrons. The molecule has 2 aromatic rings. The van der Waals surface area contributed by atoms with Crippen LogP contribution in [0.4, 0.5) is 10.1 Å². The van der Waals surface area contributed by atoms with Crippen LogP contribution in [0.2, 0.25) is 0 Å². The summed E-state index contributed by atoms with van der Waals surface area (Å²) in [6.45, 7) is 4.17. The van der Waals surface area contributed by atoms with Crippen LogP contribution in [0.15, 0.2) is 48.5 Å². The van der Waals surface area contributed by atoms with Crippen molar-refractivity contribution in [1.82, 2.24) is 4.90 Å². The van der Waals surface area contributed by atoms with E-state index in [9.17, 15) is 9.18 Å². The van der Waals surface area contributed by atoms with Crippen molar-refractivity contribution in [2.45, 2.75) is 19.3 Å². The Hall–Kier alpha value is -2.57. The lowest BCUT2D eigenvalue weighted by atomic mass is 10.1. The van der Waals surface area contributed by atoms with E-state index in [1.165, 1.54) is 31.4 Å². The van der Waals surface area contributed by atoms with Crippen molar-refractivity contribution in [3.05, 3.63) is 59.9 Å². The predicted molar refractivity (Wildman–Crippen MR) is 123 cm³/mol. The van der Waals surface area contributed by atoms with Crippen LogP contribution in [0.1, 0.15) is 24.8 Å². The summed E-state index contributed by atoms with van der Waals surface area (Å²) in [6.07, 6.45) is 5.68. The van der Waals surface area contributed by atoms with E-state index in [0.717, 1.165) is 30.9 Å². The molecule has 0 atom stereocenters. The van der Waals surface area contributed by atoms with E-state index in [1.807, 2.05) is 24.3 Å². The Kier molecular flexibility index (Phi) is 7.93. The lowest BCUT2D eigenvalue weighted by Crippen LogP contribution is -2.33. The van der Waals surface area contributed by atoms with Gasteiger partial charge in [-0.3, -0.25) is 9.69 Å². The molecule has 31 heavy (non-hydrogen) atoms. The zero-order valence-corrected chi connectivity index (χ0v) is 18.5. The Bertz CT molecular complexity index is 927. The van der Waals surface area contributed by atoms with Gasteiger partial charge < -0.3 is 14.4 Å². The molecule has 1 fully saturated rings. The number of hydrogen-bond donors (Lipinski definition) is 0. The Morgan fingerprint density at radius 1 is 1.00 bits per heavy atom. The van der Waals surface area contributed by atoms with Crippen molar-refractivity contribution in [2.75, 3.05) is 44.8 Å². The van der Waals surface area contributed by atoms with Gasteiger partial charge in [-0.15, -0.1) is 12.4 Å². The maximum Gasteiger partial charge on any atom is 0.258 e. The van der Waals surface area contributed by atoms with Gasteiger partial charge in [0.15, 0.2) is 11.5 Å². The fourth-order valence-electron chi connectivity index (χ4n) is 4.01. The number of hydrogen-bond acceptors (Lipinski definition) is 4. The van der Waals surface area contributed by atoms with Crippen LogP contribution in [0, 0.1) is 5.82 Å². The van der Waals surface area contributed by atoms with Gasteiger partial charge in [0.2, 0.25) is 0 Å². The van der Waals surface area contributed by atoms with Gasteiger partial charge in [0.05, 0.1) is 7.11 Å². The van der Waals surface area contributed by atoms with Crippen molar-refractivity contribution in [3.8, 4) is 11.5 Å². The molecule has 2 aromatic carbocycles. The minimum atomic E-state index is -0.317. The highest BCUT2D eigenvalue weighted by molar-refractivity contribution is 6.28. The number of rotatable bonds is 7. The first-order chi connectivity index (χ1) is 14.7. The average molecular weight is 447 g/mol. The number of methoxy groups -OCH3 is 1. The monoisotopic (exact) mass is 446 g/mol. The number of likely N-dealkylation sites (tertiary alicyclic amines) is 1. The molecule has 0 spiro atoms. The maximum absolute atomic E-state index is 13.2. The van der Waals surface area contributed by atoms with Gasteiger partial charge in [-0.1, -0.05) is 24.6 Å². The topological polar surface area (TPSA) is 42.0 Å². The number of amides is 1. The number of halogens is 2. The molecule has 2 heterocycles. The fraction of sp³-hybridized carbons (Fsp3) is 0.375. The molecule has 0 bridgehead atoms. The Morgan fingerprint density at radius 2 is 1.74 bits per heavy atom. The Labute approximate surface area is 188 Å². The molecule has 1 amide bonds. The molecule has 0 saturated carbocycles. The first-order valence-corrected chi connectivity index (χ1v) is 10.5. The van der Waals surface area contributed by atoms with Crippen molar-refractivity contribution < 1.29 is 18.7 Å².